The minimum Gasteiger partial charge on any atom is -0.452 e. The number of esters is 1. The summed E-state index contributed by atoms with van der Waals surface area (Å²) in [5, 5.41) is 11.0. The van der Waals surface area contributed by atoms with Crippen molar-refractivity contribution in [1.82, 2.24) is 0 Å². The van der Waals surface area contributed by atoms with E-state index in [-0.39, 0.29) is 11.3 Å². The van der Waals surface area contributed by atoms with Gasteiger partial charge in [0, 0.05) is 24.4 Å². The van der Waals surface area contributed by atoms with E-state index in [1.807, 2.05) is 0 Å². The maximum Gasteiger partial charge on any atom is 0.338 e. The van der Waals surface area contributed by atoms with Crippen molar-refractivity contribution in [3.05, 3.63) is 99.1 Å². The monoisotopic (exact) mass is 485 g/mol. The number of carbonyl (C=O) groups is 4. The normalized spacial score (nSPS) is 14.3. The fourth-order valence-corrected chi connectivity index (χ4v) is 4.42. The van der Waals surface area contributed by atoms with Crippen molar-refractivity contribution < 1.29 is 28.8 Å². The Bertz CT molecular complexity index is 1400. The SMILES string of the molecule is O=C(OCC(=O)N1CCCc2cc([N+](=O)[O-])ccc21)c1ccc(N2C(=O)c3ccccc3C2=O)cc1. The fraction of sp³-hybridized carbons (Fsp3) is 0.154. The Balaban J connectivity index is 1.24. The van der Waals surface area contributed by atoms with Crippen molar-refractivity contribution >= 4 is 40.8 Å². The quantitative estimate of drug-likeness (QED) is 0.234. The zero-order chi connectivity index (χ0) is 25.4. The molecule has 10 heteroatoms. The Morgan fingerprint density at radius 3 is 2.25 bits per heavy atom. The lowest BCUT2D eigenvalue weighted by Gasteiger charge is -2.29. The number of nitrogens with zero attached hydrogens (tertiary/aromatic N) is 3. The number of hydrogen-bond acceptors (Lipinski definition) is 7. The first-order valence-corrected chi connectivity index (χ1v) is 11.2. The highest BCUT2D eigenvalue weighted by Crippen LogP contribution is 2.31. The van der Waals surface area contributed by atoms with Crippen LogP contribution in [0.25, 0.3) is 0 Å². The number of ether oxygens (including phenoxy) is 1. The largest absolute Gasteiger partial charge is 0.452 e. The van der Waals surface area contributed by atoms with Crippen LogP contribution in [-0.4, -0.2) is 41.8 Å². The third-order valence-electron chi connectivity index (χ3n) is 6.18. The number of aryl methyl sites for hydroxylation is 1. The molecule has 0 bridgehead atoms. The van der Waals surface area contributed by atoms with E-state index in [4.69, 9.17) is 4.74 Å². The predicted molar refractivity (Wildman–Crippen MR) is 128 cm³/mol. The molecule has 2 aliphatic rings. The zero-order valence-corrected chi connectivity index (χ0v) is 18.9. The Morgan fingerprint density at radius 1 is 0.944 bits per heavy atom. The number of nitro benzene ring substituents is 1. The Hall–Kier alpha value is -4.86. The lowest BCUT2D eigenvalue weighted by Crippen LogP contribution is -2.38. The second kappa shape index (κ2) is 9.06. The number of nitro groups is 1. The molecule has 0 N–H and O–H groups in total. The van der Waals surface area contributed by atoms with Crippen LogP contribution >= 0.6 is 0 Å². The van der Waals surface area contributed by atoms with Crippen molar-refractivity contribution in [2.75, 3.05) is 23.0 Å². The molecule has 0 saturated heterocycles. The number of amides is 3. The molecule has 36 heavy (non-hydrogen) atoms. The summed E-state index contributed by atoms with van der Waals surface area (Å²) in [5.74, 6) is -2.06. The average Bonchev–Trinajstić information content (AvgIpc) is 3.16. The van der Waals surface area contributed by atoms with E-state index in [1.165, 1.54) is 47.4 Å². The van der Waals surface area contributed by atoms with Gasteiger partial charge in [-0.1, -0.05) is 12.1 Å². The van der Waals surface area contributed by atoms with Gasteiger partial charge in [0.15, 0.2) is 6.61 Å². The molecule has 2 heterocycles. The number of anilines is 2. The standard InChI is InChI=1S/C26H19N3O7/c30-23(27-13-3-4-17-14-19(29(34)35)11-12-22(17)27)15-36-26(33)16-7-9-18(10-8-16)28-24(31)20-5-1-2-6-21(20)25(28)32/h1-2,5-12,14H,3-4,13,15H2. The molecule has 180 valence electrons. The van der Waals surface area contributed by atoms with E-state index in [2.05, 4.69) is 0 Å². The predicted octanol–water partition coefficient (Wildman–Crippen LogP) is 3.53. The van der Waals surface area contributed by atoms with Crippen molar-refractivity contribution in [1.29, 1.82) is 0 Å². The molecule has 0 radical (unpaired) electrons. The summed E-state index contributed by atoms with van der Waals surface area (Å²) in [6, 6.07) is 16.6. The molecule has 5 rings (SSSR count). The first-order chi connectivity index (χ1) is 17.3. The highest BCUT2D eigenvalue weighted by molar-refractivity contribution is 6.34. The molecule has 0 saturated carbocycles. The molecule has 3 amide bonds. The highest BCUT2D eigenvalue weighted by atomic mass is 16.6. The minimum atomic E-state index is -0.738. The van der Waals surface area contributed by atoms with Crippen LogP contribution in [0, 0.1) is 10.1 Å². The Kier molecular flexibility index (Phi) is 5.77. The van der Waals surface area contributed by atoms with Crippen molar-refractivity contribution in [2.45, 2.75) is 12.8 Å². The van der Waals surface area contributed by atoms with Crippen LogP contribution in [0.1, 0.15) is 43.1 Å². The number of benzene rings is 3. The highest BCUT2D eigenvalue weighted by Gasteiger charge is 2.36. The van der Waals surface area contributed by atoms with E-state index < -0.39 is 35.2 Å². The van der Waals surface area contributed by atoms with Gasteiger partial charge in [0.05, 0.1) is 27.3 Å². The third-order valence-corrected chi connectivity index (χ3v) is 6.18. The summed E-state index contributed by atoms with van der Waals surface area (Å²) in [6.07, 6.45) is 1.24. The second-order valence-corrected chi connectivity index (χ2v) is 8.33. The topological polar surface area (TPSA) is 127 Å². The summed E-state index contributed by atoms with van der Waals surface area (Å²) in [6.45, 7) is -0.0917. The van der Waals surface area contributed by atoms with Gasteiger partial charge < -0.3 is 9.64 Å². The van der Waals surface area contributed by atoms with Gasteiger partial charge in [0.2, 0.25) is 0 Å². The summed E-state index contributed by atoms with van der Waals surface area (Å²) in [7, 11) is 0. The smallest absolute Gasteiger partial charge is 0.338 e. The summed E-state index contributed by atoms with van der Waals surface area (Å²) in [5.41, 5.74) is 2.32. The number of carbonyl (C=O) groups excluding carboxylic acids is 4. The number of hydrogen-bond donors (Lipinski definition) is 0. The molecular formula is C26H19N3O7. The average molecular weight is 485 g/mol. The number of fused-ring (bicyclic) bond motifs is 2. The molecule has 0 spiro atoms. The van der Waals surface area contributed by atoms with E-state index in [9.17, 15) is 29.3 Å². The van der Waals surface area contributed by atoms with Gasteiger partial charge in [0.25, 0.3) is 23.4 Å². The van der Waals surface area contributed by atoms with Gasteiger partial charge in [-0.05, 0) is 60.9 Å². The van der Waals surface area contributed by atoms with Crippen LogP contribution in [0.3, 0.4) is 0 Å². The summed E-state index contributed by atoms with van der Waals surface area (Å²) >= 11 is 0. The number of rotatable bonds is 5. The van der Waals surface area contributed by atoms with Gasteiger partial charge in [-0.25, -0.2) is 9.69 Å². The van der Waals surface area contributed by atoms with Crippen molar-refractivity contribution in [3.63, 3.8) is 0 Å². The van der Waals surface area contributed by atoms with Crippen LogP contribution in [0.2, 0.25) is 0 Å². The zero-order valence-electron chi connectivity index (χ0n) is 18.9. The first-order valence-electron chi connectivity index (χ1n) is 11.2. The molecule has 3 aromatic rings. The van der Waals surface area contributed by atoms with E-state index in [0.29, 0.717) is 47.5 Å². The lowest BCUT2D eigenvalue weighted by atomic mass is 10.0. The molecule has 0 aliphatic carbocycles. The van der Waals surface area contributed by atoms with E-state index in [1.54, 1.807) is 24.3 Å². The van der Waals surface area contributed by atoms with E-state index in [0.717, 1.165) is 4.90 Å². The third kappa shape index (κ3) is 3.98. The molecule has 0 atom stereocenters. The number of imide groups is 1. The van der Waals surface area contributed by atoms with Crippen LogP contribution in [0.5, 0.6) is 0 Å². The Morgan fingerprint density at radius 2 is 1.61 bits per heavy atom. The molecule has 0 aromatic heterocycles. The molecule has 10 nitrogen and oxygen atoms in total. The summed E-state index contributed by atoms with van der Waals surface area (Å²) in [4.78, 5) is 63.6. The van der Waals surface area contributed by atoms with Crippen LogP contribution in [-0.2, 0) is 16.0 Å². The molecule has 3 aromatic carbocycles. The Labute approximate surface area is 204 Å². The summed E-state index contributed by atoms with van der Waals surface area (Å²) < 4.78 is 5.19. The van der Waals surface area contributed by atoms with E-state index >= 15 is 0 Å². The van der Waals surface area contributed by atoms with Gasteiger partial charge in [-0.2, -0.15) is 0 Å². The minimum absolute atomic E-state index is 0.0425. The van der Waals surface area contributed by atoms with Gasteiger partial charge in [-0.3, -0.25) is 24.5 Å². The fourth-order valence-electron chi connectivity index (χ4n) is 4.42. The maximum atomic E-state index is 12.8. The van der Waals surface area contributed by atoms with Crippen LogP contribution in [0.4, 0.5) is 17.1 Å². The molecular weight excluding hydrogens is 466 g/mol. The molecule has 0 fully saturated rings. The number of non-ortho nitro benzene ring substituents is 1. The molecule has 2 aliphatic heterocycles. The second-order valence-electron chi connectivity index (χ2n) is 8.33. The van der Waals surface area contributed by atoms with Crippen molar-refractivity contribution in [3.8, 4) is 0 Å². The molecule has 0 unspecified atom stereocenters. The van der Waals surface area contributed by atoms with Crippen LogP contribution < -0.4 is 9.80 Å². The van der Waals surface area contributed by atoms with Crippen molar-refractivity contribution in [2.24, 2.45) is 0 Å². The van der Waals surface area contributed by atoms with Gasteiger partial charge >= 0.3 is 5.97 Å². The first kappa shape index (κ1) is 22.9. The van der Waals surface area contributed by atoms with Gasteiger partial charge in [-0.15, -0.1) is 0 Å². The van der Waals surface area contributed by atoms with Crippen LogP contribution in [0.15, 0.2) is 66.7 Å². The maximum absolute atomic E-state index is 12.8. The van der Waals surface area contributed by atoms with Gasteiger partial charge in [0.1, 0.15) is 0 Å². The lowest BCUT2D eigenvalue weighted by molar-refractivity contribution is -0.384.